The predicted molar refractivity (Wildman–Crippen MR) is 85.5 cm³/mol. The smallest absolute Gasteiger partial charge is 0.254 e. The number of ether oxygens (including phenoxy) is 1. The minimum absolute atomic E-state index is 0.0565. The van der Waals surface area contributed by atoms with E-state index < -0.39 is 0 Å². The van der Waals surface area contributed by atoms with Crippen molar-refractivity contribution in [2.75, 3.05) is 0 Å². The number of halogens is 3. The number of aromatic nitrogens is 2. The van der Waals surface area contributed by atoms with Crippen LogP contribution in [-0.2, 0) is 6.61 Å². The third kappa shape index (κ3) is 3.19. The van der Waals surface area contributed by atoms with Crippen molar-refractivity contribution in [1.29, 1.82) is 0 Å². The minimum Gasteiger partial charge on any atom is -0.481 e. The molecule has 3 rings (SSSR count). The zero-order valence-corrected chi connectivity index (χ0v) is 13.4. The lowest BCUT2D eigenvalue weighted by molar-refractivity contribution is 0.265. The van der Waals surface area contributed by atoms with Crippen molar-refractivity contribution < 1.29 is 9.15 Å². The quantitative estimate of drug-likeness (QED) is 0.639. The van der Waals surface area contributed by atoms with Crippen molar-refractivity contribution in [3.63, 3.8) is 0 Å². The Morgan fingerprint density at radius 3 is 2.27 bits per heavy atom. The molecule has 0 aliphatic carbocycles. The van der Waals surface area contributed by atoms with Crippen LogP contribution in [0.2, 0.25) is 15.1 Å². The standard InChI is InChI=1S/C15H9Cl3N2O2/c16-10-5-2-1-4-9(10)15-20-19-13(22-15)8-21-14-11(17)6-3-7-12(14)18/h1-7H,8H2. The van der Waals surface area contributed by atoms with Crippen molar-refractivity contribution in [1.82, 2.24) is 10.2 Å². The molecule has 0 aliphatic rings. The predicted octanol–water partition coefficient (Wildman–Crippen LogP) is 5.28. The molecule has 1 heterocycles. The second-order valence-electron chi connectivity index (χ2n) is 4.32. The van der Waals surface area contributed by atoms with Crippen molar-refractivity contribution in [2.45, 2.75) is 6.61 Å². The molecular weight excluding hydrogens is 347 g/mol. The first-order valence-corrected chi connectivity index (χ1v) is 7.42. The maximum Gasteiger partial charge on any atom is 0.254 e. The Labute approximate surface area is 141 Å². The Kier molecular flexibility index (Phi) is 4.52. The second-order valence-corrected chi connectivity index (χ2v) is 5.54. The lowest BCUT2D eigenvalue weighted by Gasteiger charge is -2.07. The molecule has 0 unspecified atom stereocenters. The minimum atomic E-state index is 0.0565. The Morgan fingerprint density at radius 1 is 0.864 bits per heavy atom. The Balaban J connectivity index is 1.77. The van der Waals surface area contributed by atoms with E-state index in [0.29, 0.717) is 38.2 Å². The van der Waals surface area contributed by atoms with Crippen molar-refractivity contribution >= 4 is 34.8 Å². The van der Waals surface area contributed by atoms with Crippen LogP contribution in [0.25, 0.3) is 11.5 Å². The summed E-state index contributed by atoms with van der Waals surface area (Å²) in [5, 5.41) is 9.24. The van der Waals surface area contributed by atoms with Gasteiger partial charge in [0.05, 0.1) is 20.6 Å². The third-order valence-electron chi connectivity index (χ3n) is 2.83. The van der Waals surface area contributed by atoms with E-state index in [-0.39, 0.29) is 6.61 Å². The van der Waals surface area contributed by atoms with Gasteiger partial charge in [0.15, 0.2) is 12.4 Å². The number of hydrogen-bond donors (Lipinski definition) is 0. The summed E-state index contributed by atoms with van der Waals surface area (Å²) in [5.74, 6) is 1.00. The third-order valence-corrected chi connectivity index (χ3v) is 3.75. The van der Waals surface area contributed by atoms with E-state index in [0.717, 1.165) is 0 Å². The second kappa shape index (κ2) is 6.57. The van der Waals surface area contributed by atoms with Crippen molar-refractivity contribution in [3.8, 4) is 17.2 Å². The molecule has 0 atom stereocenters. The fourth-order valence-corrected chi connectivity index (χ4v) is 2.53. The molecule has 0 spiro atoms. The average Bonchev–Trinajstić information content (AvgIpc) is 2.96. The normalized spacial score (nSPS) is 10.7. The van der Waals surface area contributed by atoms with E-state index in [1.807, 2.05) is 12.1 Å². The summed E-state index contributed by atoms with van der Waals surface area (Å²) in [6, 6.07) is 12.3. The van der Waals surface area contributed by atoms with Gasteiger partial charge in [-0.2, -0.15) is 0 Å². The van der Waals surface area contributed by atoms with Crippen molar-refractivity contribution in [2.24, 2.45) is 0 Å². The van der Waals surface area contributed by atoms with Crippen LogP contribution in [0.4, 0.5) is 0 Å². The highest BCUT2D eigenvalue weighted by Gasteiger charge is 2.13. The molecule has 0 radical (unpaired) electrons. The highest BCUT2D eigenvalue weighted by molar-refractivity contribution is 6.37. The molecule has 112 valence electrons. The zero-order valence-electron chi connectivity index (χ0n) is 11.1. The molecule has 1 aromatic heterocycles. The summed E-state index contributed by atoms with van der Waals surface area (Å²) in [7, 11) is 0. The fourth-order valence-electron chi connectivity index (χ4n) is 1.81. The Bertz CT molecular complexity index is 785. The summed E-state index contributed by atoms with van der Waals surface area (Å²) < 4.78 is 11.1. The summed E-state index contributed by atoms with van der Waals surface area (Å²) in [5.41, 5.74) is 0.665. The van der Waals surface area contributed by atoms with Gasteiger partial charge in [0.25, 0.3) is 5.89 Å². The topological polar surface area (TPSA) is 48.2 Å². The molecule has 0 saturated carbocycles. The molecule has 0 aliphatic heterocycles. The van der Waals surface area contributed by atoms with Crippen LogP contribution in [0.15, 0.2) is 46.9 Å². The lowest BCUT2D eigenvalue weighted by atomic mass is 10.2. The van der Waals surface area contributed by atoms with E-state index in [1.54, 1.807) is 30.3 Å². The van der Waals surface area contributed by atoms with Gasteiger partial charge >= 0.3 is 0 Å². The number of para-hydroxylation sites is 1. The molecule has 0 N–H and O–H groups in total. The van der Waals surface area contributed by atoms with Gasteiger partial charge in [-0.3, -0.25) is 0 Å². The molecule has 7 heteroatoms. The van der Waals surface area contributed by atoms with Crippen LogP contribution in [0.3, 0.4) is 0 Å². The van der Waals surface area contributed by atoms with Crippen LogP contribution >= 0.6 is 34.8 Å². The van der Waals surface area contributed by atoms with Gasteiger partial charge < -0.3 is 9.15 Å². The molecule has 2 aromatic carbocycles. The molecule has 22 heavy (non-hydrogen) atoms. The first kappa shape index (κ1) is 15.2. The first-order valence-electron chi connectivity index (χ1n) is 6.29. The average molecular weight is 356 g/mol. The highest BCUT2D eigenvalue weighted by Crippen LogP contribution is 2.33. The molecule has 4 nitrogen and oxygen atoms in total. The van der Waals surface area contributed by atoms with Gasteiger partial charge in [-0.25, -0.2) is 0 Å². The summed E-state index contributed by atoms with van der Waals surface area (Å²) >= 11 is 18.1. The van der Waals surface area contributed by atoms with Gasteiger partial charge in [-0.1, -0.05) is 53.0 Å². The molecule has 0 amide bonds. The van der Waals surface area contributed by atoms with Gasteiger partial charge in [0.2, 0.25) is 5.89 Å². The Hall–Kier alpha value is -1.75. The van der Waals surface area contributed by atoms with Gasteiger partial charge in [0, 0.05) is 0 Å². The van der Waals surface area contributed by atoms with Crippen LogP contribution < -0.4 is 4.74 Å². The molecular formula is C15H9Cl3N2O2. The molecule has 0 saturated heterocycles. The molecule has 3 aromatic rings. The molecule has 0 bridgehead atoms. The number of nitrogens with zero attached hydrogens (tertiary/aromatic N) is 2. The monoisotopic (exact) mass is 354 g/mol. The van der Waals surface area contributed by atoms with Gasteiger partial charge in [-0.05, 0) is 24.3 Å². The number of benzene rings is 2. The summed E-state index contributed by atoms with van der Waals surface area (Å²) in [6.45, 7) is 0.0565. The number of rotatable bonds is 4. The van der Waals surface area contributed by atoms with E-state index in [9.17, 15) is 0 Å². The maximum atomic E-state index is 6.09. The van der Waals surface area contributed by atoms with E-state index in [4.69, 9.17) is 44.0 Å². The first-order chi connectivity index (χ1) is 10.6. The lowest BCUT2D eigenvalue weighted by Crippen LogP contribution is -1.96. The summed E-state index contributed by atoms with van der Waals surface area (Å²) in [6.07, 6.45) is 0. The molecule has 0 fully saturated rings. The highest BCUT2D eigenvalue weighted by atomic mass is 35.5. The SMILES string of the molecule is Clc1ccccc1-c1nnc(COc2c(Cl)cccc2Cl)o1. The van der Waals surface area contributed by atoms with Crippen LogP contribution in [0, 0.1) is 0 Å². The van der Waals surface area contributed by atoms with Gasteiger partial charge in [0.1, 0.15) is 0 Å². The zero-order chi connectivity index (χ0) is 15.5. The Morgan fingerprint density at radius 2 is 1.55 bits per heavy atom. The van der Waals surface area contributed by atoms with Crippen molar-refractivity contribution in [3.05, 3.63) is 63.4 Å². The largest absolute Gasteiger partial charge is 0.481 e. The fraction of sp³-hybridized carbons (Fsp3) is 0.0667. The van der Waals surface area contributed by atoms with Crippen LogP contribution in [0.5, 0.6) is 5.75 Å². The van der Waals surface area contributed by atoms with E-state index >= 15 is 0 Å². The van der Waals surface area contributed by atoms with E-state index in [2.05, 4.69) is 10.2 Å². The number of hydrogen-bond acceptors (Lipinski definition) is 4. The van der Waals surface area contributed by atoms with Crippen LogP contribution in [-0.4, -0.2) is 10.2 Å². The van der Waals surface area contributed by atoms with Gasteiger partial charge in [-0.15, -0.1) is 10.2 Å². The maximum absolute atomic E-state index is 6.09. The summed E-state index contributed by atoms with van der Waals surface area (Å²) in [4.78, 5) is 0. The van der Waals surface area contributed by atoms with Crippen LogP contribution in [0.1, 0.15) is 5.89 Å². The van der Waals surface area contributed by atoms with E-state index in [1.165, 1.54) is 0 Å².